The molecule has 4 rings (SSSR count). The van der Waals surface area contributed by atoms with E-state index in [9.17, 15) is 43.9 Å². The predicted molar refractivity (Wildman–Crippen MR) is 160 cm³/mol. The summed E-state index contributed by atoms with van der Waals surface area (Å²) in [7, 11) is 0. The summed E-state index contributed by atoms with van der Waals surface area (Å²) >= 11 is 0.865. The molecular weight excluding hydrogens is 638 g/mol. The number of rotatable bonds is 10. The monoisotopic (exact) mass is 669 g/mol. The van der Waals surface area contributed by atoms with Crippen molar-refractivity contribution in [2.45, 2.75) is 45.2 Å². The van der Waals surface area contributed by atoms with Crippen LogP contribution >= 0.6 is 11.8 Å². The Morgan fingerprint density at radius 1 is 1.11 bits per heavy atom. The van der Waals surface area contributed by atoms with Gasteiger partial charge in [0.05, 0.1) is 5.57 Å². The molecule has 2 N–H and O–H groups in total. The molecule has 3 atom stereocenters. The highest BCUT2D eigenvalue weighted by Crippen LogP contribution is 2.41. The Bertz CT molecular complexity index is 1620. The number of aldehydes is 1. The van der Waals surface area contributed by atoms with Gasteiger partial charge in [-0.3, -0.25) is 33.8 Å². The number of thioether (sulfide) groups is 1. The lowest BCUT2D eigenvalue weighted by molar-refractivity contribution is -0.173. The number of fused-ring (bicyclic) bond motifs is 1. The topological polar surface area (TPSA) is 225 Å². The van der Waals surface area contributed by atoms with Crippen molar-refractivity contribution in [1.82, 2.24) is 25.3 Å². The molecule has 0 radical (unpaired) electrons. The number of piperazine rings is 1. The van der Waals surface area contributed by atoms with Crippen LogP contribution in [0.5, 0.6) is 0 Å². The summed E-state index contributed by atoms with van der Waals surface area (Å²) < 4.78 is 9.84. The number of nitrogens with one attached hydrogen (secondary N) is 2. The van der Waals surface area contributed by atoms with Gasteiger partial charge in [0.1, 0.15) is 34.9 Å². The van der Waals surface area contributed by atoms with Gasteiger partial charge in [0.15, 0.2) is 0 Å². The normalized spacial score (nSPS) is 20.0. The van der Waals surface area contributed by atoms with E-state index in [4.69, 9.17) is 9.47 Å². The number of hydrogen-bond acceptors (Lipinski definition) is 11. The zero-order valence-corrected chi connectivity index (χ0v) is 26.6. The van der Waals surface area contributed by atoms with Crippen LogP contribution in [0.3, 0.4) is 0 Å². The maximum atomic E-state index is 13.6. The number of β-lactam (4-membered cyclic amide) rings is 1. The van der Waals surface area contributed by atoms with Crippen LogP contribution in [0.25, 0.3) is 5.53 Å². The molecule has 3 aliphatic heterocycles. The third kappa shape index (κ3) is 6.78. The summed E-state index contributed by atoms with van der Waals surface area (Å²) in [6.45, 7) is 5.12. The molecule has 18 heteroatoms. The minimum atomic E-state index is -1.49. The van der Waals surface area contributed by atoms with Gasteiger partial charge in [-0.25, -0.2) is 9.59 Å². The van der Waals surface area contributed by atoms with Crippen LogP contribution in [0.15, 0.2) is 41.6 Å². The molecule has 2 saturated heterocycles. The number of urea groups is 1. The molecule has 47 heavy (non-hydrogen) atoms. The Hall–Kier alpha value is -5.35. The molecule has 3 aliphatic rings. The lowest BCUT2D eigenvalue weighted by Crippen LogP contribution is -2.71. The highest BCUT2D eigenvalue weighted by molar-refractivity contribution is 8.14. The fraction of sp³-hybridized carbons (Fsp3) is 0.414. The summed E-state index contributed by atoms with van der Waals surface area (Å²) in [4.78, 5) is 107. The number of esters is 2. The Morgan fingerprint density at radius 3 is 2.40 bits per heavy atom. The maximum Gasteiger partial charge on any atom is 0.358 e. The van der Waals surface area contributed by atoms with Crippen LogP contribution in [0.1, 0.15) is 39.3 Å². The molecule has 0 aromatic heterocycles. The SMILES string of the molecule is CCN1CCN(C(=O)NC(C(=O)NC2C(=O)N3C(C(=O)OCOC(=O)C(C)(C)C=O)=C(C)C(=[N+]=[N-])S[C@@H]23)c2ccccc2)C(=O)C1=O. The quantitative estimate of drug-likeness (QED) is 0.0481. The van der Waals surface area contributed by atoms with Gasteiger partial charge in [-0.2, -0.15) is 4.79 Å². The van der Waals surface area contributed by atoms with Crippen molar-refractivity contribution in [2.24, 2.45) is 5.41 Å². The van der Waals surface area contributed by atoms with Crippen LogP contribution in [-0.4, -0.2) is 110 Å². The number of carbonyl (C=O) groups excluding carboxylic acids is 8. The fourth-order valence-electron chi connectivity index (χ4n) is 4.78. The van der Waals surface area contributed by atoms with E-state index in [-0.39, 0.29) is 35.9 Å². The van der Waals surface area contributed by atoms with Crippen LogP contribution in [0.2, 0.25) is 0 Å². The number of nitrogens with zero attached hydrogens (tertiary/aromatic N) is 5. The molecule has 0 bridgehead atoms. The van der Waals surface area contributed by atoms with Crippen LogP contribution in [0.4, 0.5) is 4.79 Å². The van der Waals surface area contributed by atoms with Crippen molar-refractivity contribution >= 4 is 64.7 Å². The van der Waals surface area contributed by atoms with Crippen LogP contribution in [-0.2, 0) is 43.0 Å². The molecule has 1 aromatic carbocycles. The molecule has 248 valence electrons. The van der Waals surface area contributed by atoms with Crippen molar-refractivity contribution in [2.75, 3.05) is 26.4 Å². The highest BCUT2D eigenvalue weighted by Gasteiger charge is 2.58. The van der Waals surface area contributed by atoms with E-state index < -0.39 is 71.3 Å². The van der Waals surface area contributed by atoms with E-state index in [1.807, 2.05) is 0 Å². The Labute approximate surface area is 272 Å². The minimum Gasteiger partial charge on any atom is -0.427 e. The molecule has 3 heterocycles. The first-order valence-electron chi connectivity index (χ1n) is 14.3. The summed E-state index contributed by atoms with van der Waals surface area (Å²) in [5, 5.41) is 3.96. The van der Waals surface area contributed by atoms with Crippen molar-refractivity contribution in [1.29, 1.82) is 0 Å². The minimum absolute atomic E-state index is 0.0632. The summed E-state index contributed by atoms with van der Waals surface area (Å²) in [6, 6.07) is 4.29. The van der Waals surface area contributed by atoms with Gasteiger partial charge in [-0.1, -0.05) is 30.3 Å². The van der Waals surface area contributed by atoms with Crippen LogP contribution < -0.4 is 10.6 Å². The van der Waals surface area contributed by atoms with Gasteiger partial charge >= 0.3 is 34.8 Å². The average Bonchev–Trinajstić information content (AvgIpc) is 3.06. The first-order chi connectivity index (χ1) is 22.3. The molecule has 1 aromatic rings. The van der Waals surface area contributed by atoms with E-state index in [1.165, 1.54) is 37.8 Å². The molecular formula is C29H31N7O10S. The Morgan fingerprint density at radius 2 is 1.79 bits per heavy atom. The van der Waals surface area contributed by atoms with E-state index in [2.05, 4.69) is 15.4 Å². The van der Waals surface area contributed by atoms with E-state index >= 15 is 0 Å². The smallest absolute Gasteiger partial charge is 0.358 e. The standard InChI is InChI=1S/C29H31N7O10S/c1-5-34-11-12-35(24(41)23(34)40)28(44)32-17(16-9-7-6-8-10-16)20(38)31-18-22(39)36-19(15(2)21(33-30)47-25(18)36)26(42)45-14-46-27(43)29(3,4)13-37/h6-10,13,17-18,25H,5,11-12,14H2,1-4H3,(H,31,38)(H,32,44)/t17?,18?,25-/m0/s1. The Kier molecular flexibility index (Phi) is 10.3. The van der Waals surface area contributed by atoms with E-state index in [0.29, 0.717) is 16.7 Å². The van der Waals surface area contributed by atoms with Gasteiger partial charge in [0, 0.05) is 19.6 Å². The molecule has 0 aliphatic carbocycles. The molecule has 2 fully saturated rings. The number of likely N-dealkylation sites (N-methyl/N-ethyl adjacent to an activating group) is 1. The Balaban J connectivity index is 1.50. The zero-order valence-electron chi connectivity index (χ0n) is 25.8. The number of ether oxygens (including phenoxy) is 2. The molecule has 2 unspecified atom stereocenters. The second-order valence-corrected chi connectivity index (χ2v) is 12.1. The number of amides is 6. The third-order valence-corrected chi connectivity index (χ3v) is 8.91. The maximum absolute atomic E-state index is 13.6. The lowest BCUT2D eigenvalue weighted by Gasteiger charge is -2.48. The van der Waals surface area contributed by atoms with Gasteiger partial charge < -0.3 is 35.3 Å². The molecule has 0 saturated carbocycles. The average molecular weight is 670 g/mol. The van der Waals surface area contributed by atoms with Gasteiger partial charge in [-0.15, -0.1) is 0 Å². The highest BCUT2D eigenvalue weighted by atomic mass is 32.2. The molecule has 17 nitrogen and oxygen atoms in total. The summed E-state index contributed by atoms with van der Waals surface area (Å²) in [5.41, 5.74) is 8.15. The zero-order chi connectivity index (χ0) is 34.6. The van der Waals surface area contributed by atoms with Crippen molar-refractivity contribution in [3.05, 3.63) is 52.7 Å². The largest absolute Gasteiger partial charge is 0.427 e. The predicted octanol–water partition coefficient (Wildman–Crippen LogP) is -0.301. The van der Waals surface area contributed by atoms with Crippen molar-refractivity contribution in [3.63, 3.8) is 0 Å². The van der Waals surface area contributed by atoms with Gasteiger partial charge in [0.25, 0.3) is 5.91 Å². The van der Waals surface area contributed by atoms with Crippen molar-refractivity contribution in [3.8, 4) is 0 Å². The lowest BCUT2D eigenvalue weighted by atomic mass is 9.97. The van der Waals surface area contributed by atoms with E-state index in [1.54, 1.807) is 25.1 Å². The van der Waals surface area contributed by atoms with Gasteiger partial charge in [-0.05, 0) is 45.0 Å². The van der Waals surface area contributed by atoms with E-state index in [0.717, 1.165) is 16.7 Å². The number of benzene rings is 1. The second-order valence-electron chi connectivity index (χ2n) is 11.0. The number of carbonyl (C=O) groups is 8. The van der Waals surface area contributed by atoms with Crippen molar-refractivity contribution < 1.29 is 52.6 Å². The first kappa shape index (κ1) is 34.5. The summed E-state index contributed by atoms with van der Waals surface area (Å²) in [6.07, 6.45) is 0.367. The second kappa shape index (κ2) is 14.0. The van der Waals surface area contributed by atoms with Gasteiger partial charge in [0.2, 0.25) is 12.7 Å². The molecule has 6 amide bonds. The fourth-order valence-corrected chi connectivity index (χ4v) is 5.97. The number of imide groups is 1. The third-order valence-electron chi connectivity index (χ3n) is 7.57. The molecule has 0 spiro atoms. The summed E-state index contributed by atoms with van der Waals surface area (Å²) in [5.74, 6) is -5.56. The van der Waals surface area contributed by atoms with Crippen LogP contribution in [0, 0.1) is 5.41 Å². The number of hydrogen-bond donors (Lipinski definition) is 2. The first-order valence-corrected chi connectivity index (χ1v) is 15.2.